The quantitative estimate of drug-likeness (QED) is 0.561. The van der Waals surface area contributed by atoms with Gasteiger partial charge in [-0.25, -0.2) is 0 Å². The van der Waals surface area contributed by atoms with E-state index in [4.69, 9.17) is 16.3 Å². The van der Waals surface area contributed by atoms with E-state index in [2.05, 4.69) is 26.3 Å². The Bertz CT molecular complexity index is 815. The molecule has 0 radical (unpaired) electrons. The van der Waals surface area contributed by atoms with Crippen LogP contribution in [-0.2, 0) is 4.79 Å². The summed E-state index contributed by atoms with van der Waals surface area (Å²) in [6, 6.07) is 5.78. The zero-order valence-corrected chi connectivity index (χ0v) is 13.7. The third-order valence-corrected chi connectivity index (χ3v) is 4.92. The van der Waals surface area contributed by atoms with E-state index in [9.17, 15) is 4.79 Å². The molecule has 1 aromatic heterocycles. The monoisotopic (exact) mass is 340 g/mol. The Hall–Kier alpha value is -2.85. The van der Waals surface area contributed by atoms with Gasteiger partial charge >= 0.3 is 0 Å². The van der Waals surface area contributed by atoms with Crippen molar-refractivity contribution in [2.45, 2.75) is 18.9 Å². The number of carboxylic acid groups (broad SMARTS) is 1. The lowest BCUT2D eigenvalue weighted by molar-refractivity contribution is -0.122. The third-order valence-electron chi connectivity index (χ3n) is 4.92. The Kier molecular flexibility index (Phi) is 5.00. The number of nitrogens with one attached hydrogen (secondary N) is 2. The molecule has 0 spiro atoms. The predicted octanol–water partition coefficient (Wildman–Crippen LogP) is 1.07. The number of carbonyl (C=O) groups is 2. The van der Waals surface area contributed by atoms with E-state index in [1.807, 2.05) is 18.2 Å². The number of amides is 1. The Balaban J connectivity index is 0.000000569. The fourth-order valence-electron chi connectivity index (χ4n) is 3.65. The molecule has 2 aromatic rings. The van der Waals surface area contributed by atoms with E-state index >= 15 is 0 Å². The lowest BCUT2D eigenvalue weighted by Gasteiger charge is -2.44. The van der Waals surface area contributed by atoms with Crippen LogP contribution in [0.1, 0.15) is 28.9 Å². The van der Waals surface area contributed by atoms with Crippen LogP contribution in [0, 0.1) is 18.3 Å². The fraction of sp³-hybridized carbons (Fsp3) is 0.389. The molecule has 5 rings (SSSR count). The zero-order valence-electron chi connectivity index (χ0n) is 13.7. The molecule has 25 heavy (non-hydrogen) atoms. The van der Waals surface area contributed by atoms with Gasteiger partial charge in [0, 0.05) is 23.5 Å². The summed E-state index contributed by atoms with van der Waals surface area (Å²) in [6.45, 7) is 3.04. The van der Waals surface area contributed by atoms with E-state index < -0.39 is 0 Å². The summed E-state index contributed by atoms with van der Waals surface area (Å²) in [5, 5.41) is 18.0. The maximum Gasteiger partial charge on any atom is 0.290 e. The molecular weight excluding hydrogens is 320 g/mol. The smallest absolute Gasteiger partial charge is 0.290 e. The minimum Gasteiger partial charge on any atom is -0.483 e. The molecule has 0 saturated carbocycles. The van der Waals surface area contributed by atoms with Crippen molar-refractivity contribution < 1.29 is 14.7 Å². The molecule has 0 aliphatic carbocycles. The molecule has 7 nitrogen and oxygen atoms in total. The molecule has 3 aliphatic heterocycles. The number of fused-ring (bicyclic) bond motifs is 4. The summed E-state index contributed by atoms with van der Waals surface area (Å²) in [6.07, 6.45) is 7.75. The molecule has 130 valence electrons. The number of hydrogen-bond acceptors (Lipinski definition) is 4. The highest BCUT2D eigenvalue weighted by Gasteiger charge is 2.35. The number of hydrogen-bond donors (Lipinski definition) is 3. The number of benzene rings is 1. The largest absolute Gasteiger partial charge is 0.483 e. The van der Waals surface area contributed by atoms with Gasteiger partial charge in [0.2, 0.25) is 0 Å². The van der Waals surface area contributed by atoms with Gasteiger partial charge in [0.25, 0.3) is 12.4 Å². The van der Waals surface area contributed by atoms with E-state index in [1.165, 1.54) is 12.8 Å². The first-order valence-electron chi connectivity index (χ1n) is 8.22. The van der Waals surface area contributed by atoms with Crippen molar-refractivity contribution in [3.05, 3.63) is 29.5 Å². The molecule has 1 aromatic carbocycles. The Morgan fingerprint density at radius 3 is 2.76 bits per heavy atom. The van der Waals surface area contributed by atoms with Crippen LogP contribution in [-0.4, -0.2) is 58.3 Å². The second kappa shape index (κ2) is 7.36. The third kappa shape index (κ3) is 3.49. The van der Waals surface area contributed by atoms with E-state index in [1.54, 1.807) is 0 Å². The van der Waals surface area contributed by atoms with Crippen LogP contribution in [0.15, 0.2) is 18.2 Å². The second-order valence-corrected chi connectivity index (χ2v) is 6.30. The Labute approximate surface area is 145 Å². The average molecular weight is 340 g/mol. The zero-order chi connectivity index (χ0) is 17.8. The topological polar surface area (TPSA) is 98.3 Å². The number of aromatic amines is 1. The number of terminal acetylenes is 1. The molecule has 3 saturated heterocycles. The van der Waals surface area contributed by atoms with Crippen LogP contribution in [0.2, 0.25) is 0 Å². The number of aromatic nitrogens is 2. The molecule has 3 N–H and O–H groups in total. The van der Waals surface area contributed by atoms with Gasteiger partial charge in [0.05, 0.1) is 5.52 Å². The molecule has 2 bridgehead atoms. The number of nitrogens with zero attached hydrogens (tertiary/aromatic N) is 2. The van der Waals surface area contributed by atoms with Crippen LogP contribution < -0.4 is 5.32 Å². The standard InChI is InChI=1S/C17H18N4O.CH2O2/c1-2-11-3-4-13-14(9-11)19-20-16(13)17(22)18-15-10-21-7-5-12(15)6-8-21;2-1-3/h1,3-4,9,12,15H,5-8,10H2,(H,18,22)(H,19,20);1H,(H,2,3)/t15-;/m1./s1. The molecule has 0 unspecified atom stereocenters. The Morgan fingerprint density at radius 2 is 2.16 bits per heavy atom. The minimum absolute atomic E-state index is 0.0987. The highest BCUT2D eigenvalue weighted by molar-refractivity contribution is 6.05. The molecule has 3 fully saturated rings. The summed E-state index contributed by atoms with van der Waals surface area (Å²) in [7, 11) is 0. The highest BCUT2D eigenvalue weighted by Crippen LogP contribution is 2.28. The van der Waals surface area contributed by atoms with Crippen molar-refractivity contribution >= 4 is 23.3 Å². The fourth-order valence-corrected chi connectivity index (χ4v) is 3.65. The number of carbonyl (C=O) groups excluding carboxylic acids is 1. The average Bonchev–Trinajstić information content (AvgIpc) is 3.06. The van der Waals surface area contributed by atoms with Crippen LogP contribution in [0.5, 0.6) is 0 Å². The molecule has 1 amide bonds. The van der Waals surface area contributed by atoms with Gasteiger partial charge in [-0.3, -0.25) is 14.7 Å². The van der Waals surface area contributed by atoms with E-state index in [-0.39, 0.29) is 18.4 Å². The maximum absolute atomic E-state index is 12.6. The summed E-state index contributed by atoms with van der Waals surface area (Å²) >= 11 is 0. The van der Waals surface area contributed by atoms with Gasteiger partial charge < -0.3 is 15.3 Å². The van der Waals surface area contributed by atoms with Gasteiger partial charge in [-0.15, -0.1) is 6.42 Å². The summed E-state index contributed by atoms with van der Waals surface area (Å²) in [5.74, 6) is 3.09. The lowest BCUT2D eigenvalue weighted by atomic mass is 9.84. The van der Waals surface area contributed by atoms with Gasteiger partial charge in [0.1, 0.15) is 0 Å². The predicted molar refractivity (Wildman–Crippen MR) is 93.1 cm³/mol. The summed E-state index contributed by atoms with van der Waals surface area (Å²) in [4.78, 5) is 23.4. The van der Waals surface area contributed by atoms with E-state index in [0.29, 0.717) is 11.6 Å². The first-order chi connectivity index (χ1) is 12.2. The van der Waals surface area contributed by atoms with Crippen molar-refractivity contribution in [1.29, 1.82) is 0 Å². The highest BCUT2D eigenvalue weighted by atomic mass is 16.3. The van der Waals surface area contributed by atoms with Gasteiger partial charge in [-0.05, 0) is 50.0 Å². The summed E-state index contributed by atoms with van der Waals surface area (Å²) < 4.78 is 0. The van der Waals surface area contributed by atoms with Crippen LogP contribution in [0.4, 0.5) is 0 Å². The first kappa shape index (κ1) is 17.0. The van der Waals surface area contributed by atoms with Crippen molar-refractivity contribution in [1.82, 2.24) is 20.4 Å². The van der Waals surface area contributed by atoms with Crippen LogP contribution in [0.25, 0.3) is 10.9 Å². The summed E-state index contributed by atoms with van der Waals surface area (Å²) in [5.41, 5.74) is 2.03. The molecule has 4 heterocycles. The lowest BCUT2D eigenvalue weighted by Crippen LogP contribution is -2.57. The molecular formula is C18H20N4O3. The number of H-pyrrole nitrogens is 1. The maximum atomic E-state index is 12.6. The van der Waals surface area contributed by atoms with Crippen molar-refractivity contribution in [2.75, 3.05) is 19.6 Å². The van der Waals surface area contributed by atoms with Crippen LogP contribution in [0.3, 0.4) is 0 Å². The number of rotatable bonds is 2. The van der Waals surface area contributed by atoms with E-state index in [0.717, 1.165) is 36.1 Å². The molecule has 1 atom stereocenters. The van der Waals surface area contributed by atoms with Crippen LogP contribution >= 0.6 is 0 Å². The Morgan fingerprint density at radius 1 is 1.44 bits per heavy atom. The minimum atomic E-state index is -0.250. The SMILES string of the molecule is C#Cc1ccc2c(C(=O)N[C@@H]3CN4CCC3CC4)n[nH]c2c1.O=CO. The van der Waals surface area contributed by atoms with Gasteiger partial charge in [0.15, 0.2) is 5.69 Å². The van der Waals surface area contributed by atoms with Gasteiger partial charge in [-0.2, -0.15) is 5.10 Å². The molecule has 7 heteroatoms. The number of piperidine rings is 3. The molecule has 3 aliphatic rings. The van der Waals surface area contributed by atoms with Crippen molar-refractivity contribution in [3.8, 4) is 12.3 Å². The second-order valence-electron chi connectivity index (χ2n) is 6.30. The van der Waals surface area contributed by atoms with Crippen molar-refractivity contribution in [3.63, 3.8) is 0 Å². The van der Waals surface area contributed by atoms with Crippen molar-refractivity contribution in [2.24, 2.45) is 5.92 Å². The van der Waals surface area contributed by atoms with Gasteiger partial charge in [-0.1, -0.05) is 5.92 Å². The normalized spacial score (nSPS) is 24.0. The first-order valence-corrected chi connectivity index (χ1v) is 8.22.